The average Bonchev–Trinajstić information content (AvgIpc) is 3.40. The molecule has 0 aliphatic carbocycles. The quantitative estimate of drug-likeness (QED) is 0.0532. The molecule has 2 atom stereocenters. The number of aliphatic hydroxyl groups is 2. The van der Waals surface area contributed by atoms with Gasteiger partial charge in [-0.3, -0.25) is 4.79 Å². The minimum Gasteiger partial charge on any atom is -0.394 e. The maximum Gasteiger partial charge on any atom is 0.220 e. The van der Waals surface area contributed by atoms with Crippen molar-refractivity contribution in [1.29, 1.82) is 0 Å². The Morgan fingerprint density at radius 1 is 0.274 bits per heavy atom. The van der Waals surface area contributed by atoms with Crippen molar-refractivity contribution in [2.24, 2.45) is 0 Å². The highest BCUT2D eigenvalue weighted by Crippen LogP contribution is 2.20. The van der Waals surface area contributed by atoms with Crippen molar-refractivity contribution < 1.29 is 15.0 Å². The number of rotatable bonds is 66. The number of amides is 1. The van der Waals surface area contributed by atoms with Gasteiger partial charge in [0.1, 0.15) is 0 Å². The van der Waals surface area contributed by atoms with E-state index in [1.54, 1.807) is 0 Å². The Morgan fingerprint density at radius 3 is 0.616 bits per heavy atom. The van der Waals surface area contributed by atoms with Crippen molar-refractivity contribution in [1.82, 2.24) is 5.32 Å². The number of carbonyl (C=O) groups excluding carboxylic acids is 1. The fourth-order valence-corrected chi connectivity index (χ4v) is 11.6. The molecule has 0 aliphatic rings. The van der Waals surface area contributed by atoms with Crippen LogP contribution < -0.4 is 5.32 Å². The fraction of sp³-hybridized carbons (Fsp3) is 0.986. The standard InChI is InChI=1S/C69H139NO3/c1-3-5-7-9-11-13-15-17-19-21-23-25-27-28-29-30-31-32-33-34-35-36-37-38-39-40-41-43-45-47-49-51-53-55-57-59-61-63-65-69(73)70-67(66-71)68(72)64-62-60-58-56-54-52-50-48-46-44-42-26-24-22-20-18-16-14-12-10-8-6-4-2/h67-68,71-72H,3-66H2,1-2H3,(H,70,73). The number of hydrogen-bond acceptors (Lipinski definition) is 3. The first-order valence-electron chi connectivity index (χ1n) is 34.7. The maximum absolute atomic E-state index is 12.5. The maximum atomic E-state index is 12.5. The zero-order valence-electron chi connectivity index (χ0n) is 50.7. The number of aliphatic hydroxyl groups excluding tert-OH is 2. The molecule has 1 amide bonds. The normalized spacial score (nSPS) is 12.5. The summed E-state index contributed by atoms with van der Waals surface area (Å²) in [6.45, 7) is 4.42. The molecule has 0 saturated carbocycles. The van der Waals surface area contributed by atoms with E-state index in [1.807, 2.05) is 0 Å². The van der Waals surface area contributed by atoms with Crippen LogP contribution in [0.15, 0.2) is 0 Å². The van der Waals surface area contributed by atoms with Gasteiger partial charge in [0.05, 0.1) is 18.8 Å². The molecular formula is C69H139NO3. The van der Waals surface area contributed by atoms with Crippen LogP contribution in [0.25, 0.3) is 0 Å². The third-order valence-corrected chi connectivity index (χ3v) is 16.9. The van der Waals surface area contributed by atoms with E-state index in [9.17, 15) is 15.0 Å². The van der Waals surface area contributed by atoms with Crippen LogP contribution in [0.1, 0.15) is 418 Å². The minimum absolute atomic E-state index is 0.0196. The largest absolute Gasteiger partial charge is 0.394 e. The molecule has 0 bridgehead atoms. The van der Waals surface area contributed by atoms with Crippen LogP contribution in [-0.2, 0) is 4.79 Å². The van der Waals surface area contributed by atoms with E-state index in [2.05, 4.69) is 19.2 Å². The Bertz CT molecular complexity index is 987. The van der Waals surface area contributed by atoms with Gasteiger partial charge in [-0.2, -0.15) is 0 Å². The van der Waals surface area contributed by atoms with Gasteiger partial charge in [-0.25, -0.2) is 0 Å². The summed E-state index contributed by atoms with van der Waals surface area (Å²) >= 11 is 0. The zero-order valence-corrected chi connectivity index (χ0v) is 50.7. The van der Waals surface area contributed by atoms with E-state index in [-0.39, 0.29) is 12.5 Å². The molecule has 0 saturated heterocycles. The van der Waals surface area contributed by atoms with Crippen LogP contribution in [0.5, 0.6) is 0 Å². The first-order chi connectivity index (χ1) is 36.2. The van der Waals surface area contributed by atoms with Crippen molar-refractivity contribution in [3.8, 4) is 0 Å². The molecule has 438 valence electrons. The van der Waals surface area contributed by atoms with E-state index < -0.39 is 12.1 Å². The molecule has 0 heterocycles. The van der Waals surface area contributed by atoms with E-state index in [0.29, 0.717) is 12.8 Å². The molecule has 0 aliphatic heterocycles. The van der Waals surface area contributed by atoms with Gasteiger partial charge in [0.15, 0.2) is 0 Å². The Balaban J connectivity index is 3.33. The Kier molecular flexibility index (Phi) is 65.1. The minimum atomic E-state index is -0.656. The molecule has 2 unspecified atom stereocenters. The van der Waals surface area contributed by atoms with Crippen LogP contribution >= 0.6 is 0 Å². The first-order valence-corrected chi connectivity index (χ1v) is 34.7. The lowest BCUT2D eigenvalue weighted by molar-refractivity contribution is -0.123. The summed E-state index contributed by atoms with van der Waals surface area (Å²) in [5.41, 5.74) is 0. The third kappa shape index (κ3) is 62.1. The van der Waals surface area contributed by atoms with Gasteiger partial charge in [0.25, 0.3) is 0 Å². The van der Waals surface area contributed by atoms with Gasteiger partial charge in [0.2, 0.25) is 5.91 Å². The average molecular weight is 1030 g/mol. The SMILES string of the molecule is CCCCCCCCCCCCCCCCCCCCCCCCCCCCCCCCCCCCCCCCC(=O)NC(CO)C(O)CCCCCCCCCCCCCCCCCCCCCCCCC. The number of nitrogens with one attached hydrogen (secondary N) is 1. The second-order valence-electron chi connectivity index (χ2n) is 24.3. The molecule has 0 aromatic carbocycles. The number of unbranched alkanes of at least 4 members (excludes halogenated alkanes) is 59. The van der Waals surface area contributed by atoms with Crippen LogP contribution in [0.2, 0.25) is 0 Å². The molecule has 73 heavy (non-hydrogen) atoms. The topological polar surface area (TPSA) is 69.6 Å². The lowest BCUT2D eigenvalue weighted by Crippen LogP contribution is -2.45. The fourth-order valence-electron chi connectivity index (χ4n) is 11.6. The predicted octanol–water partition coefficient (Wildman–Crippen LogP) is 23.4. The van der Waals surface area contributed by atoms with E-state index in [1.165, 1.54) is 366 Å². The summed E-state index contributed by atoms with van der Waals surface area (Å²) in [6, 6.07) is -0.532. The van der Waals surface area contributed by atoms with Gasteiger partial charge in [-0.1, -0.05) is 399 Å². The number of hydrogen-bond donors (Lipinski definition) is 3. The summed E-state index contributed by atoms with van der Waals surface area (Å²) in [5, 5.41) is 23.4. The lowest BCUT2D eigenvalue weighted by Gasteiger charge is -2.22. The molecule has 0 radical (unpaired) electrons. The second kappa shape index (κ2) is 65.7. The smallest absolute Gasteiger partial charge is 0.220 e. The molecule has 0 aromatic rings. The summed E-state index contributed by atoms with van der Waals surface area (Å²) in [7, 11) is 0. The van der Waals surface area contributed by atoms with Gasteiger partial charge < -0.3 is 15.5 Å². The van der Waals surface area contributed by atoms with Crippen molar-refractivity contribution in [2.75, 3.05) is 6.61 Å². The molecule has 0 aromatic heterocycles. The molecule has 0 fully saturated rings. The van der Waals surface area contributed by atoms with Crippen LogP contribution in [-0.4, -0.2) is 34.9 Å². The Labute approximate surface area is 461 Å². The predicted molar refractivity (Wildman–Crippen MR) is 327 cm³/mol. The molecular weight excluding hydrogens is 891 g/mol. The molecule has 0 rings (SSSR count). The van der Waals surface area contributed by atoms with E-state index in [0.717, 1.165) is 25.7 Å². The second-order valence-corrected chi connectivity index (χ2v) is 24.3. The molecule has 4 heteroatoms. The Hall–Kier alpha value is -0.610. The summed E-state index contributed by atoms with van der Waals surface area (Å²) in [6.07, 6.45) is 86.0. The molecule has 0 spiro atoms. The van der Waals surface area contributed by atoms with Crippen molar-refractivity contribution >= 4 is 5.91 Å². The summed E-state index contributed by atoms with van der Waals surface area (Å²) in [4.78, 5) is 12.5. The van der Waals surface area contributed by atoms with Gasteiger partial charge in [-0.15, -0.1) is 0 Å². The first kappa shape index (κ1) is 72.4. The zero-order chi connectivity index (χ0) is 52.7. The highest BCUT2D eigenvalue weighted by atomic mass is 16.3. The van der Waals surface area contributed by atoms with Gasteiger partial charge in [0, 0.05) is 6.42 Å². The number of carbonyl (C=O) groups is 1. The van der Waals surface area contributed by atoms with Crippen molar-refractivity contribution in [3.05, 3.63) is 0 Å². The highest BCUT2D eigenvalue weighted by molar-refractivity contribution is 5.76. The van der Waals surface area contributed by atoms with Crippen molar-refractivity contribution in [3.63, 3.8) is 0 Å². The van der Waals surface area contributed by atoms with E-state index in [4.69, 9.17) is 0 Å². The van der Waals surface area contributed by atoms with Crippen LogP contribution in [0.4, 0.5) is 0 Å². The van der Waals surface area contributed by atoms with Gasteiger partial charge in [-0.05, 0) is 12.8 Å². The molecule has 3 N–H and O–H groups in total. The van der Waals surface area contributed by atoms with Crippen LogP contribution in [0.3, 0.4) is 0 Å². The molecule has 4 nitrogen and oxygen atoms in total. The third-order valence-electron chi connectivity index (χ3n) is 16.9. The lowest BCUT2D eigenvalue weighted by atomic mass is 10.0. The summed E-state index contributed by atoms with van der Waals surface area (Å²) in [5.74, 6) is -0.0196. The highest BCUT2D eigenvalue weighted by Gasteiger charge is 2.20. The monoisotopic (exact) mass is 1030 g/mol. The Morgan fingerprint density at radius 2 is 0.438 bits per heavy atom. The van der Waals surface area contributed by atoms with Crippen molar-refractivity contribution in [2.45, 2.75) is 431 Å². The van der Waals surface area contributed by atoms with Gasteiger partial charge >= 0.3 is 0 Å². The van der Waals surface area contributed by atoms with E-state index >= 15 is 0 Å². The van der Waals surface area contributed by atoms with Crippen LogP contribution in [0, 0.1) is 0 Å². The summed E-state index contributed by atoms with van der Waals surface area (Å²) < 4.78 is 0.